The van der Waals surface area contributed by atoms with E-state index in [1.165, 1.54) is 47.0 Å². The molecular formula is C25H15ClFNO5S. The number of rotatable bonds is 4. The summed E-state index contributed by atoms with van der Waals surface area (Å²) in [5, 5.41) is 21.7. The molecule has 170 valence electrons. The summed E-state index contributed by atoms with van der Waals surface area (Å²) in [6, 6.07) is 16.6. The molecule has 0 atom stereocenters. The molecule has 2 aromatic heterocycles. The van der Waals surface area contributed by atoms with Gasteiger partial charge >= 0.3 is 5.63 Å². The Morgan fingerprint density at radius 1 is 1.00 bits per heavy atom. The second kappa shape index (κ2) is 8.55. The monoisotopic (exact) mass is 495 g/mol. The van der Waals surface area contributed by atoms with E-state index in [0.717, 1.165) is 11.8 Å². The van der Waals surface area contributed by atoms with Crippen molar-refractivity contribution in [2.24, 2.45) is 0 Å². The van der Waals surface area contributed by atoms with Gasteiger partial charge in [-0.25, -0.2) is 9.18 Å². The molecule has 0 bridgehead atoms. The Balaban J connectivity index is 1.79. The first kappa shape index (κ1) is 22.1. The van der Waals surface area contributed by atoms with E-state index in [9.17, 15) is 24.2 Å². The van der Waals surface area contributed by atoms with Crippen molar-refractivity contribution in [2.75, 3.05) is 0 Å². The van der Waals surface area contributed by atoms with Crippen LogP contribution in [0.5, 0.6) is 11.5 Å². The number of fused-ring (bicyclic) bond motifs is 3. The van der Waals surface area contributed by atoms with Crippen LogP contribution in [0.1, 0.15) is 5.56 Å². The smallest absolute Gasteiger partial charge is 0.354 e. The third kappa shape index (κ3) is 3.91. The molecule has 0 fully saturated rings. The number of nitrogens with zero attached hydrogens (tertiary/aromatic N) is 1. The summed E-state index contributed by atoms with van der Waals surface area (Å²) >= 11 is 6.95. The van der Waals surface area contributed by atoms with Crippen LogP contribution in [0.15, 0.2) is 90.5 Å². The fraction of sp³-hybridized carbons (Fsp3) is 0.0400. The van der Waals surface area contributed by atoms with Crippen LogP contribution in [0.3, 0.4) is 0 Å². The first-order chi connectivity index (χ1) is 16.3. The fourth-order valence-corrected chi connectivity index (χ4v) is 4.89. The molecule has 3 aromatic carbocycles. The summed E-state index contributed by atoms with van der Waals surface area (Å²) in [4.78, 5) is 26.8. The molecule has 34 heavy (non-hydrogen) atoms. The molecule has 0 saturated carbocycles. The molecule has 0 aliphatic rings. The predicted molar refractivity (Wildman–Crippen MR) is 129 cm³/mol. The van der Waals surface area contributed by atoms with E-state index in [0.29, 0.717) is 26.4 Å². The van der Waals surface area contributed by atoms with Gasteiger partial charge < -0.3 is 19.2 Å². The van der Waals surface area contributed by atoms with Gasteiger partial charge in [0.25, 0.3) is 5.56 Å². The molecule has 0 unspecified atom stereocenters. The summed E-state index contributed by atoms with van der Waals surface area (Å²) in [7, 11) is 0. The van der Waals surface area contributed by atoms with Crippen molar-refractivity contribution in [3.05, 3.63) is 104 Å². The number of pyridine rings is 1. The Morgan fingerprint density at radius 3 is 2.50 bits per heavy atom. The van der Waals surface area contributed by atoms with Crippen molar-refractivity contribution in [3.63, 3.8) is 0 Å². The quantitative estimate of drug-likeness (QED) is 0.319. The highest BCUT2D eigenvalue weighted by Gasteiger charge is 2.22. The molecule has 0 aliphatic carbocycles. The minimum atomic E-state index is -0.819. The van der Waals surface area contributed by atoms with Crippen LogP contribution < -0.4 is 11.2 Å². The lowest BCUT2D eigenvalue weighted by molar-refractivity contribution is 0.446. The Labute approximate surface area is 200 Å². The third-order valence-corrected chi connectivity index (χ3v) is 6.59. The van der Waals surface area contributed by atoms with E-state index in [2.05, 4.69) is 0 Å². The highest BCUT2D eigenvalue weighted by atomic mass is 35.5. The first-order valence-corrected chi connectivity index (χ1v) is 11.2. The molecule has 5 aromatic rings. The molecule has 0 saturated heterocycles. The topological polar surface area (TPSA) is 92.7 Å². The van der Waals surface area contributed by atoms with Gasteiger partial charge in [0.05, 0.1) is 12.1 Å². The molecule has 6 nitrogen and oxygen atoms in total. The van der Waals surface area contributed by atoms with Crippen LogP contribution in [0.4, 0.5) is 4.39 Å². The van der Waals surface area contributed by atoms with E-state index in [1.807, 2.05) is 0 Å². The number of aromatic hydroxyl groups is 2. The summed E-state index contributed by atoms with van der Waals surface area (Å²) in [6.45, 7) is 0.0321. The summed E-state index contributed by atoms with van der Waals surface area (Å²) in [5.74, 6) is -1.03. The number of hydrogen-bond donors (Lipinski definition) is 2. The average molecular weight is 496 g/mol. The van der Waals surface area contributed by atoms with Crippen LogP contribution in [-0.4, -0.2) is 14.8 Å². The maximum absolute atomic E-state index is 13.6. The maximum Gasteiger partial charge on any atom is 0.354 e. The number of halogens is 2. The first-order valence-electron chi connectivity index (χ1n) is 10.0. The van der Waals surface area contributed by atoms with E-state index in [-0.39, 0.29) is 28.2 Å². The van der Waals surface area contributed by atoms with Gasteiger partial charge in [0.1, 0.15) is 21.8 Å². The SMILES string of the molecule is O=c1oc2c(c(O)c1Sc1cccc(Cl)c1)c(=O)n(Cc1ccc(F)cc1)c1cc(O)ccc21. The van der Waals surface area contributed by atoms with Crippen molar-refractivity contribution in [3.8, 4) is 11.5 Å². The van der Waals surface area contributed by atoms with E-state index in [1.54, 1.807) is 24.3 Å². The number of phenols is 1. The van der Waals surface area contributed by atoms with Gasteiger partial charge in [-0.05, 0) is 48.0 Å². The highest BCUT2D eigenvalue weighted by Crippen LogP contribution is 2.38. The second-order valence-corrected chi connectivity index (χ2v) is 9.07. The van der Waals surface area contributed by atoms with Gasteiger partial charge in [-0.15, -0.1) is 0 Å². The minimum absolute atomic E-state index is 0.0321. The molecule has 5 rings (SSSR count). The van der Waals surface area contributed by atoms with E-state index in [4.69, 9.17) is 16.0 Å². The molecule has 2 N–H and O–H groups in total. The molecule has 9 heteroatoms. The van der Waals surface area contributed by atoms with E-state index < -0.39 is 22.8 Å². The molecular weight excluding hydrogens is 481 g/mol. The standard InChI is InChI=1S/C25H15ClFNO5S/c26-14-2-1-3-17(10-14)34-23-21(30)20-22(33-25(23)32)18-9-8-16(29)11-19(18)28(24(20)31)12-13-4-6-15(27)7-5-13/h1-11,29-30H,12H2. The van der Waals surface area contributed by atoms with Crippen molar-refractivity contribution in [1.82, 2.24) is 4.57 Å². The summed E-state index contributed by atoms with van der Waals surface area (Å²) in [6.07, 6.45) is 0. The van der Waals surface area contributed by atoms with Crippen molar-refractivity contribution < 1.29 is 19.0 Å². The Hall–Kier alpha value is -3.75. The molecule has 0 aliphatic heterocycles. The number of aromatic nitrogens is 1. The number of hydrogen-bond acceptors (Lipinski definition) is 6. The number of phenolic OH excluding ortho intramolecular Hbond substituents is 1. The lowest BCUT2D eigenvalue weighted by Gasteiger charge is -2.14. The normalized spacial score (nSPS) is 11.4. The lowest BCUT2D eigenvalue weighted by atomic mass is 10.1. The van der Waals surface area contributed by atoms with Gasteiger partial charge in [-0.1, -0.05) is 41.6 Å². The Morgan fingerprint density at radius 2 is 1.76 bits per heavy atom. The highest BCUT2D eigenvalue weighted by molar-refractivity contribution is 7.99. The predicted octanol–water partition coefficient (Wildman–Crippen LogP) is 5.51. The van der Waals surface area contributed by atoms with Crippen LogP contribution in [0, 0.1) is 5.82 Å². The molecule has 2 heterocycles. The van der Waals surface area contributed by atoms with Crippen molar-refractivity contribution >= 4 is 45.2 Å². The maximum atomic E-state index is 13.6. The number of benzene rings is 3. The van der Waals surface area contributed by atoms with Crippen LogP contribution in [0.25, 0.3) is 21.9 Å². The van der Waals surface area contributed by atoms with Crippen LogP contribution >= 0.6 is 23.4 Å². The summed E-state index contributed by atoms with van der Waals surface area (Å²) in [5.41, 5.74) is -0.627. The van der Waals surface area contributed by atoms with Gasteiger partial charge in [-0.3, -0.25) is 4.79 Å². The zero-order chi connectivity index (χ0) is 24.0. The Kier molecular flexibility index (Phi) is 5.55. The van der Waals surface area contributed by atoms with Gasteiger partial charge in [0.15, 0.2) is 11.3 Å². The Bertz CT molecular complexity index is 1700. The molecule has 0 amide bonds. The van der Waals surface area contributed by atoms with Gasteiger partial charge in [0, 0.05) is 21.4 Å². The van der Waals surface area contributed by atoms with E-state index >= 15 is 0 Å². The fourth-order valence-electron chi connectivity index (χ4n) is 3.74. The zero-order valence-corrected chi connectivity index (χ0v) is 18.9. The summed E-state index contributed by atoms with van der Waals surface area (Å²) < 4.78 is 20.2. The molecule has 0 spiro atoms. The average Bonchev–Trinajstić information content (AvgIpc) is 2.80. The van der Waals surface area contributed by atoms with Crippen LogP contribution in [-0.2, 0) is 6.54 Å². The zero-order valence-electron chi connectivity index (χ0n) is 17.3. The largest absolute Gasteiger partial charge is 0.508 e. The minimum Gasteiger partial charge on any atom is -0.508 e. The second-order valence-electron chi connectivity index (χ2n) is 7.55. The third-order valence-electron chi connectivity index (χ3n) is 5.30. The van der Waals surface area contributed by atoms with Crippen LogP contribution in [0.2, 0.25) is 5.02 Å². The van der Waals surface area contributed by atoms with Gasteiger partial charge in [-0.2, -0.15) is 0 Å². The van der Waals surface area contributed by atoms with Crippen molar-refractivity contribution in [2.45, 2.75) is 16.3 Å². The van der Waals surface area contributed by atoms with Crippen molar-refractivity contribution in [1.29, 1.82) is 0 Å². The molecule has 0 radical (unpaired) electrons. The van der Waals surface area contributed by atoms with Gasteiger partial charge in [0.2, 0.25) is 0 Å². The lowest BCUT2D eigenvalue weighted by Crippen LogP contribution is -2.22.